The van der Waals surface area contributed by atoms with Gasteiger partial charge in [-0.25, -0.2) is 0 Å². The average Bonchev–Trinajstić information content (AvgIpc) is 2.90. The van der Waals surface area contributed by atoms with Gasteiger partial charge in [0.25, 0.3) is 5.56 Å². The molecule has 3 atom stereocenters. The van der Waals surface area contributed by atoms with Gasteiger partial charge in [0.15, 0.2) is 17.3 Å². The molecule has 2 N–H and O–H groups in total. The Hall–Kier alpha value is -4.05. The number of ether oxygens (including phenoxy) is 2. The standard InChI is InChI=1S/C28H30N2O8/c1-36-24-7-6-17(9-22(24)31)20(11-26(34)37-2)28-27(35)23(32)10-19(38-28)15-29-12-16-8-18(14-29)21-4-3-5-25(33)30(21)13-16/h3-7,9-10,16,18,20,31,35H,8,11-15H2,1-2H3/t16-,18+,20?/m1/s1. The largest absolute Gasteiger partial charge is 0.504 e. The van der Waals surface area contributed by atoms with Gasteiger partial charge in [-0.05, 0) is 36.1 Å². The van der Waals surface area contributed by atoms with Gasteiger partial charge < -0.3 is 28.7 Å². The summed E-state index contributed by atoms with van der Waals surface area (Å²) in [7, 11) is 2.66. The van der Waals surface area contributed by atoms with Crippen molar-refractivity contribution in [1.29, 1.82) is 0 Å². The first kappa shape index (κ1) is 25.6. The minimum absolute atomic E-state index is 0.0149. The third-order valence-electron chi connectivity index (χ3n) is 7.45. The highest BCUT2D eigenvalue weighted by Crippen LogP contribution is 2.38. The van der Waals surface area contributed by atoms with Crippen LogP contribution in [0.4, 0.5) is 0 Å². The fourth-order valence-corrected chi connectivity index (χ4v) is 5.75. The molecule has 2 aliphatic rings. The number of hydrogen-bond donors (Lipinski definition) is 2. The van der Waals surface area contributed by atoms with Crippen LogP contribution in [0.5, 0.6) is 17.2 Å². The molecule has 0 aliphatic carbocycles. The minimum Gasteiger partial charge on any atom is -0.504 e. The number of rotatable bonds is 7. The van der Waals surface area contributed by atoms with Gasteiger partial charge in [0.05, 0.1) is 33.1 Å². The Balaban J connectivity index is 1.46. The zero-order valence-corrected chi connectivity index (χ0v) is 21.3. The Labute approximate surface area is 218 Å². The highest BCUT2D eigenvalue weighted by Gasteiger charge is 2.35. The number of nitrogens with zero attached hydrogens (tertiary/aromatic N) is 2. The number of hydrogen-bond acceptors (Lipinski definition) is 9. The van der Waals surface area contributed by atoms with Crippen molar-refractivity contribution >= 4 is 5.97 Å². The zero-order valence-electron chi connectivity index (χ0n) is 21.3. The lowest BCUT2D eigenvalue weighted by Gasteiger charge is -2.42. The first-order valence-electron chi connectivity index (χ1n) is 12.5. The number of aromatic nitrogens is 1. The normalized spacial score (nSPS) is 19.4. The molecular weight excluding hydrogens is 492 g/mol. The number of pyridine rings is 1. The number of fused-ring (bicyclic) bond motifs is 4. The molecule has 10 nitrogen and oxygen atoms in total. The molecule has 0 saturated carbocycles. The Morgan fingerprint density at radius 2 is 1.92 bits per heavy atom. The number of carbonyl (C=O) groups is 1. The van der Waals surface area contributed by atoms with Crippen LogP contribution in [0.1, 0.15) is 47.5 Å². The van der Waals surface area contributed by atoms with Gasteiger partial charge in [-0.15, -0.1) is 0 Å². The smallest absolute Gasteiger partial charge is 0.306 e. The monoisotopic (exact) mass is 522 g/mol. The molecule has 2 bridgehead atoms. The third-order valence-corrected chi connectivity index (χ3v) is 7.45. The number of phenolic OH excluding ortho intramolecular Hbond substituents is 1. The molecule has 1 saturated heterocycles. The number of benzene rings is 1. The lowest BCUT2D eigenvalue weighted by Crippen LogP contribution is -2.46. The summed E-state index contributed by atoms with van der Waals surface area (Å²) in [6.07, 6.45) is 0.772. The van der Waals surface area contributed by atoms with E-state index in [4.69, 9.17) is 13.9 Å². The fourth-order valence-electron chi connectivity index (χ4n) is 5.75. The van der Waals surface area contributed by atoms with E-state index in [1.165, 1.54) is 32.4 Å². The van der Waals surface area contributed by atoms with Gasteiger partial charge in [-0.2, -0.15) is 0 Å². The second-order valence-electron chi connectivity index (χ2n) is 9.95. The molecule has 4 heterocycles. The predicted molar refractivity (Wildman–Crippen MR) is 137 cm³/mol. The number of likely N-dealkylation sites (tertiary alicyclic amines) is 1. The SMILES string of the molecule is COC(=O)CC(c1ccc(OC)c(O)c1)c1oc(CN2C[C@H]3C[C@@H](C2)c2cccc(=O)n2C3)cc(=O)c1O. The number of phenols is 1. The molecule has 2 aliphatic heterocycles. The van der Waals surface area contributed by atoms with Gasteiger partial charge in [-0.1, -0.05) is 12.1 Å². The van der Waals surface area contributed by atoms with Crippen molar-refractivity contribution < 1.29 is 28.9 Å². The van der Waals surface area contributed by atoms with Crippen molar-refractivity contribution in [1.82, 2.24) is 9.47 Å². The van der Waals surface area contributed by atoms with Crippen LogP contribution >= 0.6 is 0 Å². The molecule has 1 unspecified atom stereocenters. The molecule has 2 aromatic heterocycles. The lowest BCUT2D eigenvalue weighted by molar-refractivity contribution is -0.140. The van der Waals surface area contributed by atoms with E-state index in [-0.39, 0.29) is 35.2 Å². The van der Waals surface area contributed by atoms with Gasteiger partial charge in [0.1, 0.15) is 5.76 Å². The van der Waals surface area contributed by atoms with Crippen molar-refractivity contribution in [2.45, 2.75) is 37.8 Å². The van der Waals surface area contributed by atoms with E-state index in [1.54, 1.807) is 18.2 Å². The van der Waals surface area contributed by atoms with Crippen LogP contribution in [0.15, 0.2) is 56.5 Å². The Kier molecular flexibility index (Phi) is 6.98. The number of aromatic hydroxyl groups is 2. The number of piperidine rings is 1. The van der Waals surface area contributed by atoms with Crippen molar-refractivity contribution in [2.75, 3.05) is 27.3 Å². The predicted octanol–water partition coefficient (Wildman–Crippen LogP) is 2.54. The van der Waals surface area contributed by atoms with Gasteiger partial charge in [0.2, 0.25) is 11.2 Å². The Morgan fingerprint density at radius 3 is 2.66 bits per heavy atom. The maximum atomic E-state index is 12.8. The number of carbonyl (C=O) groups excluding carboxylic acids is 1. The van der Waals surface area contributed by atoms with E-state index in [1.807, 2.05) is 10.6 Å². The van der Waals surface area contributed by atoms with Crippen molar-refractivity contribution in [2.24, 2.45) is 5.92 Å². The Morgan fingerprint density at radius 1 is 1.11 bits per heavy atom. The van der Waals surface area contributed by atoms with Crippen LogP contribution in [-0.4, -0.2) is 53.0 Å². The van der Waals surface area contributed by atoms with E-state index in [2.05, 4.69) is 4.90 Å². The highest BCUT2D eigenvalue weighted by atomic mass is 16.5. The quantitative estimate of drug-likeness (QED) is 0.449. The number of esters is 1. The van der Waals surface area contributed by atoms with Gasteiger partial charge in [0, 0.05) is 43.4 Å². The van der Waals surface area contributed by atoms with E-state index < -0.39 is 23.1 Å². The summed E-state index contributed by atoms with van der Waals surface area (Å²) in [6.45, 7) is 2.40. The molecule has 0 spiro atoms. The number of methoxy groups -OCH3 is 2. The van der Waals surface area contributed by atoms with Gasteiger partial charge in [-0.3, -0.25) is 19.3 Å². The topological polar surface area (TPSA) is 131 Å². The van der Waals surface area contributed by atoms with E-state index in [0.29, 0.717) is 36.9 Å². The van der Waals surface area contributed by atoms with Crippen LogP contribution in [-0.2, 0) is 22.6 Å². The fraction of sp³-hybridized carbons (Fsp3) is 0.393. The zero-order chi connectivity index (χ0) is 27.0. The van der Waals surface area contributed by atoms with Gasteiger partial charge >= 0.3 is 5.97 Å². The van der Waals surface area contributed by atoms with Crippen LogP contribution < -0.4 is 15.7 Å². The summed E-state index contributed by atoms with van der Waals surface area (Å²) in [5, 5.41) is 21.0. The summed E-state index contributed by atoms with van der Waals surface area (Å²) in [5.41, 5.74) is 0.853. The molecule has 3 aromatic rings. The second-order valence-corrected chi connectivity index (χ2v) is 9.95. The van der Waals surface area contributed by atoms with Crippen LogP contribution in [0, 0.1) is 5.92 Å². The summed E-state index contributed by atoms with van der Waals surface area (Å²) in [6, 6.07) is 11.2. The van der Waals surface area contributed by atoms with Crippen molar-refractivity contribution in [3.63, 3.8) is 0 Å². The molecule has 200 valence electrons. The summed E-state index contributed by atoms with van der Waals surface area (Å²) in [5.74, 6) is -1.21. The molecule has 1 aromatic carbocycles. The van der Waals surface area contributed by atoms with E-state index >= 15 is 0 Å². The first-order valence-corrected chi connectivity index (χ1v) is 12.5. The lowest BCUT2D eigenvalue weighted by atomic mass is 9.83. The van der Waals surface area contributed by atoms with Crippen LogP contribution in [0.2, 0.25) is 0 Å². The van der Waals surface area contributed by atoms with Crippen LogP contribution in [0.3, 0.4) is 0 Å². The molecule has 38 heavy (non-hydrogen) atoms. The summed E-state index contributed by atoms with van der Waals surface area (Å²) < 4.78 is 17.9. The molecule has 0 amide bonds. The van der Waals surface area contributed by atoms with Crippen molar-refractivity contribution in [3.8, 4) is 17.2 Å². The second kappa shape index (κ2) is 10.4. The van der Waals surface area contributed by atoms with Crippen LogP contribution in [0.25, 0.3) is 0 Å². The average molecular weight is 523 g/mol. The third kappa shape index (κ3) is 4.91. The Bertz CT molecular complexity index is 1480. The molecule has 5 rings (SSSR count). The molecular formula is C28H30N2O8. The minimum atomic E-state index is -0.883. The summed E-state index contributed by atoms with van der Waals surface area (Å²) in [4.78, 5) is 39.6. The highest BCUT2D eigenvalue weighted by molar-refractivity contribution is 5.71. The molecule has 10 heteroatoms. The molecule has 1 fully saturated rings. The van der Waals surface area contributed by atoms with E-state index in [9.17, 15) is 24.6 Å². The first-order chi connectivity index (χ1) is 18.3. The summed E-state index contributed by atoms with van der Waals surface area (Å²) >= 11 is 0. The van der Waals surface area contributed by atoms with E-state index in [0.717, 1.165) is 18.7 Å². The molecule has 0 radical (unpaired) electrons. The maximum absolute atomic E-state index is 12.8. The van der Waals surface area contributed by atoms with Crippen molar-refractivity contribution in [3.05, 3.63) is 85.8 Å². The maximum Gasteiger partial charge on any atom is 0.306 e.